The molecule has 0 amide bonds. The van der Waals surface area contributed by atoms with Gasteiger partial charge in [0.15, 0.2) is 0 Å². The summed E-state index contributed by atoms with van der Waals surface area (Å²) < 4.78 is 8.80. The summed E-state index contributed by atoms with van der Waals surface area (Å²) in [5, 5.41) is 9.99. The lowest BCUT2D eigenvalue weighted by Gasteiger charge is -2.02. The molecule has 1 N–H and O–H groups in total. The molecule has 7 heteroatoms. The van der Waals surface area contributed by atoms with Gasteiger partial charge in [-0.3, -0.25) is 0 Å². The van der Waals surface area contributed by atoms with Crippen LogP contribution in [-0.4, -0.2) is 36.1 Å². The number of esters is 3. The van der Waals surface area contributed by atoms with E-state index >= 15 is 0 Å². The Bertz CT molecular complexity index is 924. The zero-order valence-corrected chi connectivity index (χ0v) is 13.5. The van der Waals surface area contributed by atoms with Crippen molar-refractivity contribution in [2.45, 2.75) is 6.92 Å². The molecule has 0 fully saturated rings. The van der Waals surface area contributed by atoms with Crippen LogP contribution in [0.3, 0.4) is 0 Å². The summed E-state index contributed by atoms with van der Waals surface area (Å²) >= 11 is 0. The molecule has 0 aromatic heterocycles. The molecule has 0 aliphatic carbocycles. The first-order valence-electron chi connectivity index (χ1n) is 7.06. The minimum absolute atomic E-state index is 0.125. The van der Waals surface area contributed by atoms with Crippen molar-refractivity contribution in [3.8, 4) is 0 Å². The Kier molecular flexibility index (Phi) is 4.97. The van der Waals surface area contributed by atoms with Gasteiger partial charge in [-0.2, -0.15) is 0 Å². The first kappa shape index (κ1) is 17.9. The number of carbonyl (C=O) groups excluding carboxylic acids is 3. The third-order valence-electron chi connectivity index (χ3n) is 3.41. The highest BCUT2D eigenvalue weighted by atomic mass is 16.6. The zero-order valence-electron chi connectivity index (χ0n) is 13.5. The van der Waals surface area contributed by atoms with Crippen LogP contribution >= 0.6 is 0 Å². The average Bonchev–Trinajstić information content (AvgIpc) is 2.88. The molecular weight excluding hydrogens is 328 g/mol. The lowest BCUT2D eigenvalue weighted by Crippen LogP contribution is -1.98. The van der Waals surface area contributed by atoms with E-state index in [1.54, 1.807) is 13.0 Å². The van der Waals surface area contributed by atoms with Crippen LogP contribution in [0.1, 0.15) is 38.0 Å². The predicted molar refractivity (Wildman–Crippen MR) is 87.5 cm³/mol. The van der Waals surface area contributed by atoms with Crippen LogP contribution < -0.4 is 0 Å². The Morgan fingerprint density at radius 1 is 1.12 bits per heavy atom. The van der Waals surface area contributed by atoms with Gasteiger partial charge in [-0.1, -0.05) is 18.7 Å². The summed E-state index contributed by atoms with van der Waals surface area (Å²) in [6, 6.07) is 7.42. The number of benzene rings is 2. The third-order valence-corrected chi connectivity index (χ3v) is 3.41. The maximum Gasteiger partial charge on any atom is 0.347 e. The second-order valence-corrected chi connectivity index (χ2v) is 5.18. The Labute approximate surface area is 142 Å². The van der Waals surface area contributed by atoms with Gasteiger partial charge in [-0.05, 0) is 35.9 Å². The first-order chi connectivity index (χ1) is 11.8. The van der Waals surface area contributed by atoms with Crippen LogP contribution in [0.4, 0.5) is 0 Å². The molecule has 0 saturated heterocycles. The molecule has 2 aromatic rings. The monoisotopic (exact) mass is 342 g/mol. The van der Waals surface area contributed by atoms with Gasteiger partial charge in [0.05, 0.1) is 23.8 Å². The first-order valence-corrected chi connectivity index (χ1v) is 7.06. The van der Waals surface area contributed by atoms with E-state index in [0.717, 1.165) is 0 Å². The van der Waals surface area contributed by atoms with Gasteiger partial charge >= 0.3 is 23.9 Å². The SMILES string of the molecule is C=C(C)C(=O)OC.O=C(O)c1ccc2c3c(ccc2c1)C(=O)OC3=O. The number of fused-ring (bicyclic) bond motifs is 3. The van der Waals surface area contributed by atoms with Crippen LogP contribution in [0.5, 0.6) is 0 Å². The van der Waals surface area contributed by atoms with Crippen molar-refractivity contribution >= 4 is 34.6 Å². The summed E-state index contributed by atoms with van der Waals surface area (Å²) in [4.78, 5) is 43.9. The van der Waals surface area contributed by atoms with E-state index in [9.17, 15) is 19.2 Å². The third kappa shape index (κ3) is 3.55. The van der Waals surface area contributed by atoms with Gasteiger partial charge < -0.3 is 14.6 Å². The highest BCUT2D eigenvalue weighted by molar-refractivity contribution is 6.21. The fourth-order valence-electron chi connectivity index (χ4n) is 2.22. The Hall–Kier alpha value is -3.48. The summed E-state index contributed by atoms with van der Waals surface area (Å²) in [6.07, 6.45) is 0. The highest BCUT2D eigenvalue weighted by Gasteiger charge is 2.31. The molecule has 1 aliphatic heterocycles. The molecule has 128 valence electrons. The normalized spacial score (nSPS) is 11.9. The molecule has 0 unspecified atom stereocenters. The minimum atomic E-state index is -1.05. The van der Waals surface area contributed by atoms with Crippen molar-refractivity contribution in [3.05, 3.63) is 59.2 Å². The van der Waals surface area contributed by atoms with Crippen molar-refractivity contribution in [1.29, 1.82) is 0 Å². The Balaban J connectivity index is 0.000000277. The van der Waals surface area contributed by atoms with Crippen molar-refractivity contribution < 1.29 is 33.8 Å². The molecule has 1 heterocycles. The summed E-state index contributed by atoms with van der Waals surface area (Å²) in [7, 11) is 1.33. The van der Waals surface area contributed by atoms with Crippen molar-refractivity contribution in [2.75, 3.05) is 7.11 Å². The second kappa shape index (κ2) is 6.96. The van der Waals surface area contributed by atoms with Gasteiger partial charge in [-0.15, -0.1) is 0 Å². The number of ether oxygens (including phenoxy) is 2. The average molecular weight is 342 g/mol. The molecule has 0 spiro atoms. The van der Waals surface area contributed by atoms with E-state index < -0.39 is 17.9 Å². The Morgan fingerprint density at radius 2 is 1.80 bits per heavy atom. The summed E-state index contributed by atoms with van der Waals surface area (Å²) in [5.74, 6) is -2.75. The Morgan fingerprint density at radius 3 is 2.32 bits per heavy atom. The fourth-order valence-corrected chi connectivity index (χ4v) is 2.22. The molecule has 0 radical (unpaired) electrons. The number of cyclic esters (lactones) is 2. The predicted octanol–water partition coefficient (Wildman–Crippen LogP) is 2.58. The lowest BCUT2D eigenvalue weighted by atomic mass is 9.99. The van der Waals surface area contributed by atoms with E-state index in [-0.39, 0.29) is 22.7 Å². The highest BCUT2D eigenvalue weighted by Crippen LogP contribution is 2.29. The van der Waals surface area contributed by atoms with Gasteiger partial charge in [0.25, 0.3) is 0 Å². The minimum Gasteiger partial charge on any atom is -0.478 e. The van der Waals surface area contributed by atoms with E-state index in [2.05, 4.69) is 16.1 Å². The second-order valence-electron chi connectivity index (χ2n) is 5.18. The zero-order chi connectivity index (χ0) is 18.7. The largest absolute Gasteiger partial charge is 0.478 e. The van der Waals surface area contributed by atoms with Crippen LogP contribution in [0.2, 0.25) is 0 Å². The summed E-state index contributed by atoms with van der Waals surface area (Å²) in [5.41, 5.74) is 0.979. The number of hydrogen-bond acceptors (Lipinski definition) is 6. The maximum absolute atomic E-state index is 11.5. The van der Waals surface area contributed by atoms with Crippen LogP contribution in [0, 0.1) is 0 Å². The van der Waals surface area contributed by atoms with Crippen LogP contribution in [0.25, 0.3) is 10.8 Å². The quantitative estimate of drug-likeness (QED) is 0.508. The van der Waals surface area contributed by atoms with Gasteiger partial charge in [-0.25, -0.2) is 19.2 Å². The number of methoxy groups -OCH3 is 1. The van der Waals surface area contributed by atoms with Crippen molar-refractivity contribution in [1.82, 2.24) is 0 Å². The van der Waals surface area contributed by atoms with E-state index in [4.69, 9.17) is 5.11 Å². The van der Waals surface area contributed by atoms with Gasteiger partial charge in [0.1, 0.15) is 0 Å². The van der Waals surface area contributed by atoms with E-state index in [1.165, 1.54) is 31.4 Å². The number of rotatable bonds is 2. The van der Waals surface area contributed by atoms with Crippen LogP contribution in [-0.2, 0) is 14.3 Å². The molecule has 25 heavy (non-hydrogen) atoms. The number of carbonyl (C=O) groups is 4. The molecule has 3 rings (SSSR count). The number of aromatic carboxylic acids is 1. The fraction of sp³-hybridized carbons (Fsp3) is 0.111. The smallest absolute Gasteiger partial charge is 0.347 e. The standard InChI is InChI=1S/C13H6O5.C5H8O2/c14-11(15)7-2-3-8-6(5-7)1-4-9-10(8)13(17)18-12(9)16;1-4(2)5(6)7-3/h1-5H,(H,14,15);1H2,2-3H3. The van der Waals surface area contributed by atoms with Crippen molar-refractivity contribution in [3.63, 3.8) is 0 Å². The molecule has 2 aromatic carbocycles. The van der Waals surface area contributed by atoms with Crippen LogP contribution in [0.15, 0.2) is 42.5 Å². The molecule has 0 saturated carbocycles. The molecule has 0 bridgehead atoms. The molecule has 1 aliphatic rings. The van der Waals surface area contributed by atoms with Gasteiger partial charge in [0.2, 0.25) is 0 Å². The van der Waals surface area contributed by atoms with E-state index in [1.807, 2.05) is 0 Å². The lowest BCUT2D eigenvalue weighted by molar-refractivity contribution is -0.136. The molecule has 0 atom stereocenters. The number of hydrogen-bond donors (Lipinski definition) is 1. The summed E-state index contributed by atoms with van der Waals surface area (Å²) in [6.45, 7) is 4.95. The van der Waals surface area contributed by atoms with Crippen molar-refractivity contribution in [2.24, 2.45) is 0 Å². The molecule has 7 nitrogen and oxygen atoms in total. The topological polar surface area (TPSA) is 107 Å². The van der Waals surface area contributed by atoms with E-state index in [0.29, 0.717) is 16.3 Å². The molecular formula is C18H14O7. The number of carboxylic acids is 1. The van der Waals surface area contributed by atoms with Gasteiger partial charge in [0, 0.05) is 5.57 Å². The maximum atomic E-state index is 11.5. The number of carboxylic acid groups (broad SMARTS) is 1.